The van der Waals surface area contributed by atoms with Gasteiger partial charge in [0.1, 0.15) is 11.6 Å². The fourth-order valence-electron chi connectivity index (χ4n) is 3.08. The Labute approximate surface area is 161 Å². The molecule has 0 aliphatic carbocycles. The van der Waals surface area contributed by atoms with Gasteiger partial charge in [-0.15, -0.1) is 0 Å². The van der Waals surface area contributed by atoms with E-state index in [-0.39, 0.29) is 5.56 Å². The summed E-state index contributed by atoms with van der Waals surface area (Å²) in [5.74, 6) is 1.45. The molecule has 0 bridgehead atoms. The van der Waals surface area contributed by atoms with Gasteiger partial charge < -0.3 is 9.40 Å². The Bertz CT molecular complexity index is 1090. The zero-order valence-corrected chi connectivity index (χ0v) is 15.3. The smallest absolute Gasteiger partial charge is 0.258 e. The largest absolute Gasteiger partial charge is 0.468 e. The Morgan fingerprint density at radius 3 is 2.63 bits per heavy atom. The zero-order chi connectivity index (χ0) is 18.6. The molecule has 6 heteroatoms. The van der Waals surface area contributed by atoms with E-state index in [9.17, 15) is 4.79 Å². The Kier molecular flexibility index (Phi) is 5.05. The average molecular weight is 380 g/mol. The topological polar surface area (TPSA) is 62.1 Å². The summed E-state index contributed by atoms with van der Waals surface area (Å²) in [6.45, 7) is 1.80. The summed E-state index contributed by atoms with van der Waals surface area (Å²) >= 11 is 6.06. The van der Waals surface area contributed by atoms with Gasteiger partial charge in [-0.25, -0.2) is 4.98 Å². The molecular weight excluding hydrogens is 362 g/mol. The van der Waals surface area contributed by atoms with Crippen LogP contribution >= 0.6 is 11.6 Å². The standard InChI is InChI=1S/C21H18ClN3O2/c22-16-8-9-18-19(11-16)23-20(24-21(18)26)14-25(13-17-7-4-10-27-17)12-15-5-2-1-3-6-15/h1-11H,12-14H2,(H,23,24,26). The third kappa shape index (κ3) is 4.27. The second-order valence-corrected chi connectivity index (χ2v) is 6.82. The number of hydrogen-bond acceptors (Lipinski definition) is 4. The molecule has 5 nitrogen and oxygen atoms in total. The van der Waals surface area contributed by atoms with Crippen molar-refractivity contribution in [3.8, 4) is 0 Å². The molecule has 0 spiro atoms. The van der Waals surface area contributed by atoms with Crippen molar-refractivity contribution in [2.24, 2.45) is 0 Å². The zero-order valence-electron chi connectivity index (χ0n) is 14.6. The maximum atomic E-state index is 12.4. The van der Waals surface area contributed by atoms with Crippen molar-refractivity contribution in [1.82, 2.24) is 14.9 Å². The molecule has 0 saturated heterocycles. The number of halogens is 1. The molecule has 0 unspecified atom stereocenters. The summed E-state index contributed by atoms with van der Waals surface area (Å²) in [6, 6.07) is 19.1. The van der Waals surface area contributed by atoms with Crippen molar-refractivity contribution in [2.45, 2.75) is 19.6 Å². The molecule has 0 amide bonds. The highest BCUT2D eigenvalue weighted by molar-refractivity contribution is 6.31. The first-order valence-electron chi connectivity index (χ1n) is 8.64. The van der Waals surface area contributed by atoms with Crippen LogP contribution in [0.3, 0.4) is 0 Å². The van der Waals surface area contributed by atoms with E-state index < -0.39 is 0 Å². The molecule has 4 rings (SSSR count). The molecule has 0 radical (unpaired) electrons. The van der Waals surface area contributed by atoms with Gasteiger partial charge >= 0.3 is 0 Å². The summed E-state index contributed by atoms with van der Waals surface area (Å²) in [4.78, 5) is 22.0. The van der Waals surface area contributed by atoms with Gasteiger partial charge in [-0.05, 0) is 35.9 Å². The van der Waals surface area contributed by atoms with Crippen molar-refractivity contribution in [1.29, 1.82) is 0 Å². The van der Waals surface area contributed by atoms with Crippen LogP contribution in [0, 0.1) is 0 Å². The molecular formula is C21H18ClN3O2. The molecule has 0 atom stereocenters. The second-order valence-electron chi connectivity index (χ2n) is 6.38. The number of rotatable bonds is 6. The first-order valence-corrected chi connectivity index (χ1v) is 9.02. The van der Waals surface area contributed by atoms with Gasteiger partial charge in [-0.2, -0.15) is 0 Å². The third-order valence-corrected chi connectivity index (χ3v) is 4.53. The van der Waals surface area contributed by atoms with Gasteiger partial charge in [-0.3, -0.25) is 9.69 Å². The number of fused-ring (bicyclic) bond motifs is 1. The van der Waals surface area contributed by atoms with Crippen LogP contribution in [-0.2, 0) is 19.6 Å². The van der Waals surface area contributed by atoms with E-state index >= 15 is 0 Å². The van der Waals surface area contributed by atoms with Gasteiger partial charge in [0.25, 0.3) is 5.56 Å². The molecule has 2 aromatic heterocycles. The molecule has 2 aromatic carbocycles. The molecule has 4 aromatic rings. The van der Waals surface area contributed by atoms with E-state index in [2.05, 4.69) is 27.0 Å². The van der Waals surface area contributed by atoms with Crippen LogP contribution in [0.25, 0.3) is 10.9 Å². The summed E-state index contributed by atoms with van der Waals surface area (Å²) in [5, 5.41) is 1.09. The lowest BCUT2D eigenvalue weighted by Gasteiger charge is -2.21. The van der Waals surface area contributed by atoms with Gasteiger partial charge in [0, 0.05) is 11.6 Å². The Morgan fingerprint density at radius 1 is 1.00 bits per heavy atom. The van der Waals surface area contributed by atoms with Crippen molar-refractivity contribution >= 4 is 22.5 Å². The highest BCUT2D eigenvalue weighted by atomic mass is 35.5. The van der Waals surface area contributed by atoms with Gasteiger partial charge in [0.15, 0.2) is 0 Å². The number of H-pyrrole nitrogens is 1. The minimum atomic E-state index is -0.163. The predicted molar refractivity (Wildman–Crippen MR) is 105 cm³/mol. The second kappa shape index (κ2) is 7.78. The van der Waals surface area contributed by atoms with E-state index in [0.717, 1.165) is 5.76 Å². The number of furan rings is 1. The van der Waals surface area contributed by atoms with E-state index in [1.54, 1.807) is 24.5 Å². The van der Waals surface area contributed by atoms with Gasteiger partial charge in [-0.1, -0.05) is 41.9 Å². The van der Waals surface area contributed by atoms with Crippen LogP contribution in [0.5, 0.6) is 0 Å². The number of benzene rings is 2. The highest BCUT2D eigenvalue weighted by Crippen LogP contribution is 2.16. The molecule has 0 saturated carbocycles. The average Bonchev–Trinajstić information content (AvgIpc) is 3.15. The lowest BCUT2D eigenvalue weighted by atomic mass is 10.2. The summed E-state index contributed by atoms with van der Waals surface area (Å²) in [7, 11) is 0. The minimum Gasteiger partial charge on any atom is -0.468 e. The molecule has 0 aliphatic rings. The lowest BCUT2D eigenvalue weighted by molar-refractivity contribution is 0.221. The van der Waals surface area contributed by atoms with Crippen molar-refractivity contribution < 1.29 is 4.42 Å². The number of aromatic amines is 1. The number of hydrogen-bond donors (Lipinski definition) is 1. The molecule has 1 N–H and O–H groups in total. The maximum Gasteiger partial charge on any atom is 0.258 e. The third-order valence-electron chi connectivity index (χ3n) is 4.30. The summed E-state index contributed by atoms with van der Waals surface area (Å²) in [5.41, 5.74) is 1.61. The predicted octanol–water partition coefficient (Wildman–Crippen LogP) is 4.37. The Morgan fingerprint density at radius 2 is 1.85 bits per heavy atom. The van der Waals surface area contributed by atoms with E-state index in [0.29, 0.717) is 41.4 Å². The minimum absolute atomic E-state index is 0.163. The summed E-state index contributed by atoms with van der Waals surface area (Å²) < 4.78 is 5.50. The van der Waals surface area contributed by atoms with Crippen LogP contribution in [0.15, 0.2) is 76.1 Å². The van der Waals surface area contributed by atoms with E-state index in [4.69, 9.17) is 16.0 Å². The monoisotopic (exact) mass is 379 g/mol. The highest BCUT2D eigenvalue weighted by Gasteiger charge is 2.13. The fraction of sp³-hybridized carbons (Fsp3) is 0.143. The quantitative estimate of drug-likeness (QED) is 0.540. The normalized spacial score (nSPS) is 11.3. The van der Waals surface area contributed by atoms with Crippen LogP contribution in [-0.4, -0.2) is 14.9 Å². The number of nitrogens with one attached hydrogen (secondary N) is 1. The lowest BCUT2D eigenvalue weighted by Crippen LogP contribution is -2.25. The van der Waals surface area contributed by atoms with Crippen molar-refractivity contribution in [3.05, 3.63) is 99.5 Å². The fourth-order valence-corrected chi connectivity index (χ4v) is 3.25. The number of aromatic nitrogens is 2. The number of nitrogens with zero attached hydrogens (tertiary/aromatic N) is 2. The SMILES string of the molecule is O=c1[nH]c(CN(Cc2ccccc2)Cc2ccco2)nc2cc(Cl)ccc12. The molecule has 0 fully saturated rings. The van der Waals surface area contributed by atoms with E-state index in [1.165, 1.54) is 5.56 Å². The van der Waals surface area contributed by atoms with Crippen LogP contribution in [0.1, 0.15) is 17.1 Å². The van der Waals surface area contributed by atoms with Gasteiger partial charge in [0.2, 0.25) is 0 Å². The Balaban J connectivity index is 1.64. The Hall–Kier alpha value is -2.89. The van der Waals surface area contributed by atoms with Crippen molar-refractivity contribution in [3.63, 3.8) is 0 Å². The molecule has 2 heterocycles. The molecule has 136 valence electrons. The molecule has 27 heavy (non-hydrogen) atoms. The van der Waals surface area contributed by atoms with Crippen molar-refractivity contribution in [2.75, 3.05) is 0 Å². The van der Waals surface area contributed by atoms with Crippen LogP contribution in [0.2, 0.25) is 5.02 Å². The van der Waals surface area contributed by atoms with Crippen LogP contribution < -0.4 is 5.56 Å². The maximum absolute atomic E-state index is 12.4. The first-order chi connectivity index (χ1) is 13.2. The van der Waals surface area contributed by atoms with Gasteiger partial charge in [0.05, 0.1) is 30.3 Å². The molecule has 0 aliphatic heterocycles. The van der Waals surface area contributed by atoms with E-state index in [1.807, 2.05) is 30.3 Å². The van der Waals surface area contributed by atoms with Crippen LogP contribution in [0.4, 0.5) is 0 Å². The first kappa shape index (κ1) is 17.5. The summed E-state index contributed by atoms with van der Waals surface area (Å²) in [6.07, 6.45) is 1.66.